The van der Waals surface area contributed by atoms with Gasteiger partial charge in [0.25, 0.3) is 5.91 Å². The Morgan fingerprint density at radius 2 is 2.06 bits per heavy atom. The van der Waals surface area contributed by atoms with Gasteiger partial charge in [0.2, 0.25) is 5.91 Å². The molecule has 0 spiro atoms. The molecule has 1 rings (SSSR count). The minimum absolute atomic E-state index is 0.0501. The molecule has 0 radical (unpaired) electrons. The molecule has 0 saturated carbocycles. The van der Waals surface area contributed by atoms with Crippen molar-refractivity contribution in [1.82, 2.24) is 5.32 Å². The number of primary amides is 1. The van der Waals surface area contributed by atoms with Crippen molar-refractivity contribution >= 4 is 23.2 Å². The first kappa shape index (κ1) is 13.8. The van der Waals surface area contributed by atoms with Crippen molar-refractivity contribution < 1.29 is 9.59 Å². The third-order valence-electron chi connectivity index (χ3n) is 2.36. The normalized spacial score (nSPS) is 9.83. The van der Waals surface area contributed by atoms with Crippen molar-refractivity contribution in [1.29, 1.82) is 0 Å². The molecule has 1 aromatic carbocycles. The molecule has 0 aliphatic carbocycles. The fourth-order valence-corrected chi connectivity index (χ4v) is 1.47. The number of hydrogen-bond acceptors (Lipinski definition) is 4. The summed E-state index contributed by atoms with van der Waals surface area (Å²) in [4.78, 5) is 22.7. The molecule has 6 heteroatoms. The van der Waals surface area contributed by atoms with Crippen molar-refractivity contribution in [3.05, 3.63) is 23.8 Å². The number of amides is 2. The largest absolute Gasteiger partial charge is 0.397 e. The van der Waals surface area contributed by atoms with Gasteiger partial charge in [-0.15, -0.1) is 0 Å². The summed E-state index contributed by atoms with van der Waals surface area (Å²) in [5.74, 6) is -0.741. The van der Waals surface area contributed by atoms with Crippen molar-refractivity contribution in [2.45, 2.75) is 13.3 Å². The Morgan fingerprint density at radius 1 is 1.33 bits per heavy atom. The monoisotopic (exact) mass is 250 g/mol. The molecular formula is C12H18N4O2. The zero-order chi connectivity index (χ0) is 13.5. The molecule has 0 atom stereocenters. The zero-order valence-electron chi connectivity index (χ0n) is 10.3. The number of carbonyl (C=O) groups excluding carboxylic acids is 2. The molecule has 1 aromatic rings. The summed E-state index contributed by atoms with van der Waals surface area (Å²) in [7, 11) is 0. The lowest BCUT2D eigenvalue weighted by Gasteiger charge is -2.12. The van der Waals surface area contributed by atoms with E-state index in [1.807, 2.05) is 6.92 Å². The van der Waals surface area contributed by atoms with Gasteiger partial charge in [-0.3, -0.25) is 9.59 Å². The molecule has 6 N–H and O–H groups in total. The highest BCUT2D eigenvalue weighted by molar-refractivity contribution is 6.01. The van der Waals surface area contributed by atoms with Crippen LogP contribution in [0.1, 0.15) is 23.7 Å². The second-order valence-corrected chi connectivity index (χ2v) is 3.84. The smallest absolute Gasteiger partial charge is 0.250 e. The number of para-hydroxylation sites is 1. The molecule has 0 aliphatic heterocycles. The molecule has 0 fully saturated rings. The molecule has 0 unspecified atom stereocenters. The quantitative estimate of drug-likeness (QED) is 0.544. The minimum Gasteiger partial charge on any atom is -0.397 e. The average Bonchev–Trinajstić information content (AvgIpc) is 2.34. The number of benzene rings is 1. The maximum atomic E-state index is 11.4. The van der Waals surface area contributed by atoms with E-state index in [9.17, 15) is 9.59 Å². The van der Waals surface area contributed by atoms with E-state index in [1.165, 1.54) is 0 Å². The first-order valence-electron chi connectivity index (χ1n) is 5.75. The number of rotatable bonds is 6. The third kappa shape index (κ3) is 3.65. The van der Waals surface area contributed by atoms with E-state index in [2.05, 4.69) is 10.6 Å². The number of nitrogens with one attached hydrogen (secondary N) is 2. The second-order valence-electron chi connectivity index (χ2n) is 3.84. The van der Waals surface area contributed by atoms with Crippen LogP contribution in [-0.4, -0.2) is 24.9 Å². The van der Waals surface area contributed by atoms with Crippen LogP contribution in [0, 0.1) is 0 Å². The maximum Gasteiger partial charge on any atom is 0.250 e. The molecule has 0 bridgehead atoms. The van der Waals surface area contributed by atoms with Crippen molar-refractivity contribution in [3.8, 4) is 0 Å². The summed E-state index contributed by atoms with van der Waals surface area (Å²) in [6.07, 6.45) is 0.867. The van der Waals surface area contributed by atoms with E-state index >= 15 is 0 Å². The summed E-state index contributed by atoms with van der Waals surface area (Å²) in [6.45, 7) is 2.63. The summed E-state index contributed by atoms with van der Waals surface area (Å²) in [5, 5.41) is 5.55. The Bertz CT molecular complexity index is 446. The topological polar surface area (TPSA) is 110 Å². The first-order chi connectivity index (χ1) is 8.56. The van der Waals surface area contributed by atoms with Gasteiger partial charge in [0.05, 0.1) is 23.5 Å². The summed E-state index contributed by atoms with van der Waals surface area (Å²) < 4.78 is 0. The SMILES string of the molecule is CCCNC(=O)CNc1c(N)cccc1C(N)=O. The van der Waals surface area contributed by atoms with Crippen LogP contribution in [0.4, 0.5) is 11.4 Å². The Kier molecular flexibility index (Phi) is 4.98. The molecule has 0 aromatic heterocycles. The van der Waals surface area contributed by atoms with Gasteiger partial charge in [0.15, 0.2) is 0 Å². The van der Waals surface area contributed by atoms with E-state index in [1.54, 1.807) is 18.2 Å². The lowest BCUT2D eigenvalue weighted by Crippen LogP contribution is -2.31. The highest BCUT2D eigenvalue weighted by Gasteiger charge is 2.11. The molecule has 0 saturated heterocycles. The van der Waals surface area contributed by atoms with Gasteiger partial charge in [0.1, 0.15) is 0 Å². The number of hydrogen-bond donors (Lipinski definition) is 4. The molecule has 2 amide bonds. The van der Waals surface area contributed by atoms with E-state index in [-0.39, 0.29) is 18.0 Å². The van der Waals surface area contributed by atoms with Gasteiger partial charge in [0, 0.05) is 6.54 Å². The van der Waals surface area contributed by atoms with Crippen LogP contribution < -0.4 is 22.1 Å². The van der Waals surface area contributed by atoms with E-state index in [0.29, 0.717) is 17.9 Å². The zero-order valence-corrected chi connectivity index (χ0v) is 10.3. The van der Waals surface area contributed by atoms with Gasteiger partial charge in [-0.05, 0) is 18.6 Å². The minimum atomic E-state index is -0.584. The predicted octanol–water partition coefficient (Wildman–Crippen LogP) is 0.306. The standard InChI is InChI=1S/C12H18N4O2/c1-2-6-15-10(17)7-16-11-8(12(14)18)4-3-5-9(11)13/h3-5,16H,2,6-7,13H2,1H3,(H2,14,18)(H,15,17). The van der Waals surface area contributed by atoms with Crippen LogP contribution in [0.5, 0.6) is 0 Å². The second kappa shape index (κ2) is 6.48. The molecular weight excluding hydrogens is 232 g/mol. The van der Waals surface area contributed by atoms with Gasteiger partial charge >= 0.3 is 0 Å². The van der Waals surface area contributed by atoms with Crippen LogP contribution in [0.15, 0.2) is 18.2 Å². The Labute approximate surface area is 106 Å². The molecule has 18 heavy (non-hydrogen) atoms. The predicted molar refractivity (Wildman–Crippen MR) is 71.2 cm³/mol. The van der Waals surface area contributed by atoms with Crippen LogP contribution in [0.3, 0.4) is 0 Å². The fraction of sp³-hybridized carbons (Fsp3) is 0.333. The van der Waals surface area contributed by atoms with Gasteiger partial charge < -0.3 is 22.1 Å². The Morgan fingerprint density at radius 3 is 2.67 bits per heavy atom. The van der Waals surface area contributed by atoms with E-state index in [4.69, 9.17) is 11.5 Å². The maximum absolute atomic E-state index is 11.4. The van der Waals surface area contributed by atoms with E-state index in [0.717, 1.165) is 6.42 Å². The highest BCUT2D eigenvalue weighted by Crippen LogP contribution is 2.22. The fourth-order valence-electron chi connectivity index (χ4n) is 1.47. The highest BCUT2D eigenvalue weighted by atomic mass is 16.2. The van der Waals surface area contributed by atoms with Crippen LogP contribution in [0.25, 0.3) is 0 Å². The lowest BCUT2D eigenvalue weighted by molar-refractivity contribution is -0.119. The Balaban J connectivity index is 2.72. The summed E-state index contributed by atoms with van der Waals surface area (Å²) in [6, 6.07) is 4.83. The average molecular weight is 250 g/mol. The van der Waals surface area contributed by atoms with Crippen molar-refractivity contribution in [3.63, 3.8) is 0 Å². The summed E-state index contributed by atoms with van der Waals surface area (Å²) >= 11 is 0. The van der Waals surface area contributed by atoms with Crippen LogP contribution >= 0.6 is 0 Å². The third-order valence-corrected chi connectivity index (χ3v) is 2.36. The lowest BCUT2D eigenvalue weighted by atomic mass is 10.1. The molecule has 0 aliphatic rings. The van der Waals surface area contributed by atoms with Gasteiger partial charge in [-0.2, -0.15) is 0 Å². The molecule has 0 heterocycles. The summed E-state index contributed by atoms with van der Waals surface area (Å²) in [5.41, 5.74) is 12.0. The number of nitrogen functional groups attached to an aromatic ring is 1. The van der Waals surface area contributed by atoms with Gasteiger partial charge in [-0.1, -0.05) is 13.0 Å². The van der Waals surface area contributed by atoms with Crippen molar-refractivity contribution in [2.75, 3.05) is 24.1 Å². The van der Waals surface area contributed by atoms with E-state index < -0.39 is 5.91 Å². The first-order valence-corrected chi connectivity index (χ1v) is 5.75. The van der Waals surface area contributed by atoms with Crippen LogP contribution in [-0.2, 0) is 4.79 Å². The number of anilines is 2. The van der Waals surface area contributed by atoms with Crippen molar-refractivity contribution in [2.24, 2.45) is 5.73 Å². The van der Waals surface area contributed by atoms with Crippen LogP contribution in [0.2, 0.25) is 0 Å². The number of nitrogens with two attached hydrogens (primary N) is 2. The Hall–Kier alpha value is -2.24. The molecule has 98 valence electrons. The number of carbonyl (C=O) groups is 2. The van der Waals surface area contributed by atoms with Gasteiger partial charge in [-0.25, -0.2) is 0 Å². The molecule has 6 nitrogen and oxygen atoms in total.